The molecule has 1 aliphatic heterocycles. The van der Waals surface area contributed by atoms with E-state index in [9.17, 15) is 9.90 Å². The van der Waals surface area contributed by atoms with E-state index in [1.165, 1.54) is 19.9 Å². The number of thioether (sulfide) groups is 2. The molecular formula is C21H24N2O2S3. The van der Waals surface area contributed by atoms with Crippen molar-refractivity contribution in [2.24, 2.45) is 0 Å². The van der Waals surface area contributed by atoms with Gasteiger partial charge in [-0.15, -0.1) is 0 Å². The van der Waals surface area contributed by atoms with Gasteiger partial charge in [0.05, 0.1) is 4.24 Å². The van der Waals surface area contributed by atoms with Crippen molar-refractivity contribution in [3.05, 3.63) is 54.4 Å². The Labute approximate surface area is 179 Å². The number of fused-ring (bicyclic) bond motifs is 1. The monoisotopic (exact) mass is 432 g/mol. The first kappa shape index (κ1) is 21.1. The molecule has 0 aliphatic carbocycles. The van der Waals surface area contributed by atoms with E-state index in [4.69, 9.17) is 12.2 Å². The summed E-state index contributed by atoms with van der Waals surface area (Å²) >= 11 is 8.59. The van der Waals surface area contributed by atoms with Gasteiger partial charge < -0.3 is 5.11 Å². The lowest BCUT2D eigenvalue weighted by molar-refractivity contribution is 0.399. The normalized spacial score (nSPS) is 13.4. The zero-order chi connectivity index (χ0) is 20.6. The van der Waals surface area contributed by atoms with Crippen molar-refractivity contribution in [2.75, 3.05) is 0 Å². The molecule has 0 atom stereocenters. The molecule has 4 nitrogen and oxygen atoms in total. The molecule has 0 saturated carbocycles. The molecule has 0 fully saturated rings. The number of aromatic nitrogens is 2. The van der Waals surface area contributed by atoms with Crippen LogP contribution in [0.3, 0.4) is 0 Å². The van der Waals surface area contributed by atoms with Crippen molar-refractivity contribution in [3.8, 4) is 5.88 Å². The molecule has 1 aromatic carbocycles. The first-order chi connectivity index (χ1) is 13.2. The average molecular weight is 433 g/mol. The second-order valence-corrected chi connectivity index (χ2v) is 10.2. The van der Waals surface area contributed by atoms with Gasteiger partial charge in [0, 0.05) is 29.0 Å². The van der Waals surface area contributed by atoms with Crippen molar-refractivity contribution >= 4 is 41.8 Å². The van der Waals surface area contributed by atoms with E-state index in [1.54, 1.807) is 34.2 Å². The fourth-order valence-electron chi connectivity index (χ4n) is 2.95. The minimum atomic E-state index is -0.289. The van der Waals surface area contributed by atoms with Gasteiger partial charge >= 0.3 is 0 Å². The molecule has 28 heavy (non-hydrogen) atoms. The van der Waals surface area contributed by atoms with Crippen molar-refractivity contribution in [1.82, 2.24) is 9.13 Å². The van der Waals surface area contributed by atoms with E-state index in [2.05, 4.69) is 44.7 Å². The molecule has 2 heterocycles. The van der Waals surface area contributed by atoms with Crippen LogP contribution in [0.25, 0.3) is 6.08 Å². The molecule has 2 aromatic rings. The summed E-state index contributed by atoms with van der Waals surface area (Å²) < 4.78 is 4.35. The molecule has 7 heteroatoms. The predicted molar refractivity (Wildman–Crippen MR) is 121 cm³/mol. The molecule has 0 radical (unpaired) electrons. The second-order valence-electron chi connectivity index (χ2n) is 7.51. The highest BCUT2D eigenvalue weighted by Crippen LogP contribution is 2.51. The van der Waals surface area contributed by atoms with Crippen molar-refractivity contribution in [1.29, 1.82) is 0 Å². The van der Waals surface area contributed by atoms with Crippen molar-refractivity contribution in [3.63, 3.8) is 0 Å². The van der Waals surface area contributed by atoms with Gasteiger partial charge in [-0.25, -0.2) is 0 Å². The summed E-state index contributed by atoms with van der Waals surface area (Å²) in [5, 5.41) is 10.5. The first-order valence-corrected chi connectivity index (χ1v) is 11.2. The third-order valence-corrected chi connectivity index (χ3v) is 7.43. The molecule has 0 spiro atoms. The highest BCUT2D eigenvalue weighted by Gasteiger charge is 2.21. The number of nitrogens with zero attached hydrogens (tertiary/aromatic N) is 2. The van der Waals surface area contributed by atoms with Crippen LogP contribution in [0.5, 0.6) is 5.88 Å². The highest BCUT2D eigenvalue weighted by atomic mass is 32.2. The minimum Gasteiger partial charge on any atom is -0.494 e. The quantitative estimate of drug-likeness (QED) is 0.492. The Kier molecular flexibility index (Phi) is 6.01. The lowest BCUT2D eigenvalue weighted by Gasteiger charge is -2.19. The summed E-state index contributed by atoms with van der Waals surface area (Å²) in [6.07, 6.45) is 1.58. The maximum absolute atomic E-state index is 12.7. The minimum absolute atomic E-state index is 0.0966. The highest BCUT2D eigenvalue weighted by molar-refractivity contribution is 8.24. The number of hydrogen-bond acceptors (Lipinski definition) is 5. The molecule has 1 aromatic heterocycles. The van der Waals surface area contributed by atoms with E-state index < -0.39 is 0 Å². The molecular weight excluding hydrogens is 408 g/mol. The maximum atomic E-state index is 12.7. The van der Waals surface area contributed by atoms with Crippen LogP contribution < -0.4 is 5.56 Å². The van der Waals surface area contributed by atoms with Crippen molar-refractivity contribution in [2.45, 2.75) is 62.9 Å². The molecule has 1 N–H and O–H groups in total. The zero-order valence-corrected chi connectivity index (χ0v) is 19.1. The number of rotatable bonds is 3. The van der Waals surface area contributed by atoms with Crippen LogP contribution in [-0.4, -0.2) is 14.2 Å². The van der Waals surface area contributed by atoms with E-state index in [1.807, 2.05) is 13.8 Å². The summed E-state index contributed by atoms with van der Waals surface area (Å²) in [6.45, 7) is 11.3. The van der Waals surface area contributed by atoms with E-state index in [0.717, 1.165) is 4.24 Å². The second kappa shape index (κ2) is 7.99. The third kappa shape index (κ3) is 3.90. The van der Waals surface area contributed by atoms with Gasteiger partial charge in [0.15, 0.2) is 4.77 Å². The maximum Gasteiger partial charge on any atom is 0.266 e. The summed E-state index contributed by atoms with van der Waals surface area (Å²) in [5.74, 6) is -0.101. The van der Waals surface area contributed by atoms with Gasteiger partial charge in [-0.1, -0.05) is 56.1 Å². The van der Waals surface area contributed by atoms with Gasteiger partial charge in [0.1, 0.15) is 5.56 Å². The topological polar surface area (TPSA) is 47.2 Å². The van der Waals surface area contributed by atoms with E-state index >= 15 is 0 Å². The van der Waals surface area contributed by atoms with Crippen molar-refractivity contribution < 1.29 is 5.11 Å². The SMILES string of the molecule is CCn1c(O)c(C=C=C2Sc3ccc(C(C)(C)C)cc3S2)c(=O)n(CC)c1=S. The fourth-order valence-corrected chi connectivity index (χ4v) is 5.62. The van der Waals surface area contributed by atoms with Crippen LogP contribution in [-0.2, 0) is 18.5 Å². The van der Waals surface area contributed by atoms with Gasteiger partial charge in [0.25, 0.3) is 5.56 Å². The predicted octanol–water partition coefficient (Wildman–Crippen LogP) is 5.77. The van der Waals surface area contributed by atoms with Gasteiger partial charge in [-0.3, -0.25) is 13.9 Å². The number of aromatic hydroxyl groups is 1. The van der Waals surface area contributed by atoms with Gasteiger partial charge in [-0.05, 0) is 49.2 Å². The molecule has 0 amide bonds. The smallest absolute Gasteiger partial charge is 0.266 e. The Morgan fingerprint density at radius 2 is 1.79 bits per heavy atom. The Morgan fingerprint density at radius 3 is 2.39 bits per heavy atom. The average Bonchev–Trinajstić information content (AvgIpc) is 3.03. The molecule has 0 saturated heterocycles. The number of hydrogen-bond donors (Lipinski definition) is 1. The summed E-state index contributed by atoms with van der Waals surface area (Å²) in [5.41, 5.74) is 4.52. The van der Waals surface area contributed by atoms with E-state index in [-0.39, 0.29) is 22.4 Å². The molecule has 1 aliphatic rings. The Balaban J connectivity index is 2.04. The van der Waals surface area contributed by atoms with E-state index in [0.29, 0.717) is 17.9 Å². The number of benzene rings is 1. The summed E-state index contributed by atoms with van der Waals surface area (Å²) in [4.78, 5) is 15.1. The van der Waals surface area contributed by atoms with Crippen LogP contribution >= 0.6 is 35.7 Å². The Morgan fingerprint density at radius 1 is 1.14 bits per heavy atom. The van der Waals surface area contributed by atoms with Crippen LogP contribution in [0.4, 0.5) is 0 Å². The molecule has 148 valence electrons. The van der Waals surface area contributed by atoms with Crippen LogP contribution in [0.2, 0.25) is 0 Å². The van der Waals surface area contributed by atoms with Crippen LogP contribution in [0, 0.1) is 4.77 Å². The summed E-state index contributed by atoms with van der Waals surface area (Å²) in [6, 6.07) is 6.53. The lowest BCUT2D eigenvalue weighted by Crippen LogP contribution is -2.26. The lowest BCUT2D eigenvalue weighted by atomic mass is 9.87. The Hall–Kier alpha value is -1.66. The third-order valence-electron chi connectivity index (χ3n) is 4.62. The summed E-state index contributed by atoms with van der Waals surface area (Å²) in [7, 11) is 0. The van der Waals surface area contributed by atoms with Crippen LogP contribution in [0.1, 0.15) is 45.7 Å². The van der Waals surface area contributed by atoms with Gasteiger partial charge in [0.2, 0.25) is 5.88 Å². The zero-order valence-electron chi connectivity index (χ0n) is 16.7. The molecule has 0 unspecified atom stereocenters. The molecule has 0 bridgehead atoms. The van der Waals surface area contributed by atoms with Gasteiger partial charge in [-0.2, -0.15) is 0 Å². The fraction of sp³-hybridized carbons (Fsp3) is 0.381. The molecule has 3 rings (SSSR count). The van der Waals surface area contributed by atoms with Crippen LogP contribution in [0.15, 0.2) is 42.8 Å². The largest absolute Gasteiger partial charge is 0.494 e. The Bertz CT molecular complexity index is 1110. The standard InChI is InChI=1S/C21H24N2O2S3/c1-6-22-18(24)14(19(25)23(7-2)20(22)26)9-11-17-27-15-10-8-13(21(3,4)5)12-16(15)28-17/h8-10,12,24H,6-7H2,1-5H3. The first-order valence-electron chi connectivity index (χ1n) is 9.20.